The summed E-state index contributed by atoms with van der Waals surface area (Å²) in [5, 5.41) is 8.96. The predicted octanol–water partition coefficient (Wildman–Crippen LogP) is 1.31. The molecule has 1 N–H and O–H groups in total. The predicted molar refractivity (Wildman–Crippen MR) is 66.0 cm³/mol. The number of methoxy groups -OCH3 is 1. The Hall–Kier alpha value is -1.88. The second-order valence-electron chi connectivity index (χ2n) is 4.19. The summed E-state index contributed by atoms with van der Waals surface area (Å²) in [7, 11) is 1.55. The zero-order valence-electron chi connectivity index (χ0n) is 10.2. The van der Waals surface area contributed by atoms with Gasteiger partial charge in [0.25, 0.3) is 0 Å². The summed E-state index contributed by atoms with van der Waals surface area (Å²) in [4.78, 5) is 24.5. The smallest absolute Gasteiger partial charge is 0.335 e. The van der Waals surface area contributed by atoms with Crippen LogP contribution < -0.4 is 4.90 Å². The van der Waals surface area contributed by atoms with Gasteiger partial charge in [-0.3, -0.25) is 4.79 Å². The maximum absolute atomic E-state index is 11.9. The molecule has 5 heteroatoms. The van der Waals surface area contributed by atoms with Crippen LogP contribution in [0.25, 0.3) is 0 Å². The third-order valence-corrected chi connectivity index (χ3v) is 3.05. The summed E-state index contributed by atoms with van der Waals surface area (Å²) >= 11 is 0. The minimum Gasteiger partial charge on any atom is -0.478 e. The van der Waals surface area contributed by atoms with Crippen LogP contribution >= 0.6 is 0 Å². The van der Waals surface area contributed by atoms with E-state index < -0.39 is 5.97 Å². The summed E-state index contributed by atoms with van der Waals surface area (Å²) in [5.41, 5.74) is 1.95. The summed E-state index contributed by atoms with van der Waals surface area (Å²) in [6, 6.07) is 4.92. The number of aromatic carboxylic acids is 1. The fourth-order valence-electron chi connectivity index (χ4n) is 2.10. The lowest BCUT2D eigenvalue weighted by atomic mass is 10.1. The minimum absolute atomic E-state index is 0.0295. The van der Waals surface area contributed by atoms with Crippen molar-refractivity contribution in [2.45, 2.75) is 12.8 Å². The van der Waals surface area contributed by atoms with Gasteiger partial charge in [0.1, 0.15) is 0 Å². The van der Waals surface area contributed by atoms with Crippen molar-refractivity contribution < 1.29 is 19.4 Å². The van der Waals surface area contributed by atoms with Gasteiger partial charge in [0.15, 0.2) is 0 Å². The maximum atomic E-state index is 11.9. The first-order chi connectivity index (χ1) is 8.63. The molecule has 0 unspecified atom stereocenters. The minimum atomic E-state index is -0.978. The molecule has 0 aliphatic carbocycles. The molecule has 1 aromatic carbocycles. The Morgan fingerprint density at radius 1 is 1.44 bits per heavy atom. The number of carboxylic acid groups (broad SMARTS) is 1. The summed E-state index contributed by atoms with van der Waals surface area (Å²) < 4.78 is 4.88. The van der Waals surface area contributed by atoms with Crippen LogP contribution in [-0.4, -0.2) is 37.2 Å². The number of carbonyl (C=O) groups excluding carboxylic acids is 1. The molecule has 1 amide bonds. The van der Waals surface area contributed by atoms with Gasteiger partial charge >= 0.3 is 5.97 Å². The average Bonchev–Trinajstić information content (AvgIpc) is 2.78. The van der Waals surface area contributed by atoms with Crippen molar-refractivity contribution in [3.8, 4) is 0 Å². The molecule has 0 spiro atoms. The van der Waals surface area contributed by atoms with Crippen molar-refractivity contribution in [2.24, 2.45) is 0 Å². The molecule has 0 bridgehead atoms. The van der Waals surface area contributed by atoms with Gasteiger partial charge in [0, 0.05) is 19.3 Å². The average molecular weight is 249 g/mol. The second kappa shape index (κ2) is 5.18. The fourth-order valence-corrected chi connectivity index (χ4v) is 2.10. The molecule has 1 aromatic rings. The molecular weight excluding hydrogens is 234 g/mol. The first-order valence-electron chi connectivity index (χ1n) is 5.79. The van der Waals surface area contributed by atoms with Gasteiger partial charge in [-0.05, 0) is 24.1 Å². The molecule has 0 aromatic heterocycles. The molecule has 96 valence electrons. The standard InChI is InChI=1S/C13H15NO4/c1-18-7-5-12(15)14-6-4-9-2-3-10(13(16)17)8-11(9)14/h2-3,8H,4-7H2,1H3,(H,16,17). The Labute approximate surface area is 105 Å². The van der Waals surface area contributed by atoms with Crippen LogP contribution in [0.1, 0.15) is 22.3 Å². The van der Waals surface area contributed by atoms with Crippen molar-refractivity contribution >= 4 is 17.6 Å². The number of nitrogens with zero attached hydrogens (tertiary/aromatic N) is 1. The lowest BCUT2D eigenvalue weighted by Crippen LogP contribution is -2.29. The molecule has 1 aliphatic rings. The van der Waals surface area contributed by atoms with E-state index in [1.54, 1.807) is 30.2 Å². The van der Waals surface area contributed by atoms with E-state index in [0.717, 1.165) is 17.7 Å². The summed E-state index contributed by atoms with van der Waals surface area (Å²) in [6.45, 7) is 0.990. The van der Waals surface area contributed by atoms with Crippen molar-refractivity contribution in [3.05, 3.63) is 29.3 Å². The molecule has 1 heterocycles. The number of anilines is 1. The normalized spacial score (nSPS) is 13.5. The van der Waals surface area contributed by atoms with Crippen LogP contribution in [0.3, 0.4) is 0 Å². The molecule has 0 atom stereocenters. The molecule has 1 aliphatic heterocycles. The van der Waals surface area contributed by atoms with Crippen LogP contribution in [0.15, 0.2) is 18.2 Å². The zero-order valence-corrected chi connectivity index (χ0v) is 10.2. The van der Waals surface area contributed by atoms with E-state index in [0.29, 0.717) is 19.6 Å². The van der Waals surface area contributed by atoms with Gasteiger partial charge < -0.3 is 14.7 Å². The van der Waals surface area contributed by atoms with Crippen LogP contribution in [-0.2, 0) is 16.0 Å². The highest BCUT2D eigenvalue weighted by molar-refractivity contribution is 5.97. The first-order valence-corrected chi connectivity index (χ1v) is 5.79. The highest BCUT2D eigenvalue weighted by Gasteiger charge is 2.25. The number of hydrogen-bond donors (Lipinski definition) is 1. The molecule has 0 fully saturated rings. The number of carboxylic acids is 1. The van der Waals surface area contributed by atoms with Crippen LogP contribution in [0.4, 0.5) is 5.69 Å². The van der Waals surface area contributed by atoms with E-state index in [9.17, 15) is 9.59 Å². The quantitative estimate of drug-likeness (QED) is 0.873. The second-order valence-corrected chi connectivity index (χ2v) is 4.19. The molecular formula is C13H15NO4. The third kappa shape index (κ3) is 2.36. The van der Waals surface area contributed by atoms with Gasteiger partial charge in [0.05, 0.1) is 18.6 Å². The van der Waals surface area contributed by atoms with Crippen molar-refractivity contribution in [1.82, 2.24) is 0 Å². The van der Waals surface area contributed by atoms with E-state index in [-0.39, 0.29) is 11.5 Å². The molecule has 18 heavy (non-hydrogen) atoms. The van der Waals surface area contributed by atoms with Gasteiger partial charge in [-0.15, -0.1) is 0 Å². The Kier molecular flexibility index (Phi) is 3.62. The Morgan fingerprint density at radius 2 is 2.22 bits per heavy atom. The molecule has 0 saturated heterocycles. The lowest BCUT2D eigenvalue weighted by molar-refractivity contribution is -0.119. The maximum Gasteiger partial charge on any atom is 0.335 e. The van der Waals surface area contributed by atoms with E-state index >= 15 is 0 Å². The van der Waals surface area contributed by atoms with Gasteiger partial charge in [-0.1, -0.05) is 6.07 Å². The highest BCUT2D eigenvalue weighted by atomic mass is 16.5. The van der Waals surface area contributed by atoms with E-state index in [1.807, 2.05) is 0 Å². The van der Waals surface area contributed by atoms with Crippen LogP contribution in [0, 0.1) is 0 Å². The van der Waals surface area contributed by atoms with Gasteiger partial charge in [-0.2, -0.15) is 0 Å². The number of hydrogen-bond acceptors (Lipinski definition) is 3. The number of rotatable bonds is 4. The largest absolute Gasteiger partial charge is 0.478 e. The molecule has 0 radical (unpaired) electrons. The van der Waals surface area contributed by atoms with E-state index in [4.69, 9.17) is 9.84 Å². The van der Waals surface area contributed by atoms with Crippen LogP contribution in [0.5, 0.6) is 0 Å². The van der Waals surface area contributed by atoms with E-state index in [1.165, 1.54) is 0 Å². The fraction of sp³-hybridized carbons (Fsp3) is 0.385. The van der Waals surface area contributed by atoms with E-state index in [2.05, 4.69) is 0 Å². The third-order valence-electron chi connectivity index (χ3n) is 3.05. The molecule has 5 nitrogen and oxygen atoms in total. The Bertz CT molecular complexity index is 484. The Balaban J connectivity index is 2.23. The summed E-state index contributed by atoms with van der Waals surface area (Å²) in [5.74, 6) is -1.01. The number of benzene rings is 1. The highest BCUT2D eigenvalue weighted by Crippen LogP contribution is 2.29. The van der Waals surface area contributed by atoms with Crippen molar-refractivity contribution in [2.75, 3.05) is 25.2 Å². The number of fused-ring (bicyclic) bond motifs is 1. The zero-order chi connectivity index (χ0) is 13.1. The number of amides is 1. The van der Waals surface area contributed by atoms with Gasteiger partial charge in [0.2, 0.25) is 5.91 Å². The van der Waals surface area contributed by atoms with Gasteiger partial charge in [-0.25, -0.2) is 4.79 Å². The Morgan fingerprint density at radius 3 is 2.89 bits per heavy atom. The van der Waals surface area contributed by atoms with Crippen molar-refractivity contribution in [1.29, 1.82) is 0 Å². The first kappa shape index (κ1) is 12.6. The monoisotopic (exact) mass is 249 g/mol. The van der Waals surface area contributed by atoms with Crippen LogP contribution in [0.2, 0.25) is 0 Å². The van der Waals surface area contributed by atoms with Crippen molar-refractivity contribution in [3.63, 3.8) is 0 Å². The number of ether oxygens (including phenoxy) is 1. The SMILES string of the molecule is COCCC(=O)N1CCc2ccc(C(=O)O)cc21. The molecule has 0 saturated carbocycles. The topological polar surface area (TPSA) is 66.8 Å². The lowest BCUT2D eigenvalue weighted by Gasteiger charge is -2.17. The molecule has 2 rings (SSSR count). The number of carbonyl (C=O) groups is 2. The summed E-state index contributed by atoms with van der Waals surface area (Å²) in [6.07, 6.45) is 1.08.